The summed E-state index contributed by atoms with van der Waals surface area (Å²) in [7, 11) is 0. The topological polar surface area (TPSA) is 35.0 Å². The van der Waals surface area contributed by atoms with Gasteiger partial charge in [0.1, 0.15) is 11.6 Å². The SMILES string of the molecule is CCc1cc(Oc2cccc(F)c2)nc(SCc2ccc(C)cc2)n1. The fraction of sp³-hybridized carbons (Fsp3) is 0.200. The summed E-state index contributed by atoms with van der Waals surface area (Å²) in [5.74, 6) is 1.31. The number of rotatable bonds is 6. The normalized spacial score (nSPS) is 10.7. The molecule has 0 spiro atoms. The molecule has 5 heteroatoms. The van der Waals surface area contributed by atoms with Crippen LogP contribution in [0, 0.1) is 12.7 Å². The molecule has 0 saturated heterocycles. The van der Waals surface area contributed by atoms with E-state index in [4.69, 9.17) is 4.74 Å². The van der Waals surface area contributed by atoms with Gasteiger partial charge in [-0.25, -0.2) is 9.37 Å². The van der Waals surface area contributed by atoms with Crippen LogP contribution in [0.5, 0.6) is 11.6 Å². The lowest BCUT2D eigenvalue weighted by Gasteiger charge is -2.08. The number of halogens is 1. The number of benzene rings is 2. The molecule has 0 aliphatic heterocycles. The number of hydrogen-bond acceptors (Lipinski definition) is 4. The van der Waals surface area contributed by atoms with Crippen molar-refractivity contribution >= 4 is 11.8 Å². The standard InChI is InChI=1S/C20H19FN2OS/c1-3-17-12-19(24-18-6-4-5-16(21)11-18)23-20(22-17)25-13-15-9-7-14(2)8-10-15/h4-12H,3,13H2,1-2H3. The molecule has 0 aliphatic carbocycles. The van der Waals surface area contributed by atoms with Crippen molar-refractivity contribution in [2.24, 2.45) is 0 Å². The van der Waals surface area contributed by atoms with Crippen molar-refractivity contribution in [3.05, 3.63) is 77.2 Å². The maximum atomic E-state index is 13.3. The average molecular weight is 354 g/mol. The van der Waals surface area contributed by atoms with Crippen LogP contribution >= 0.6 is 11.8 Å². The third kappa shape index (κ3) is 5.03. The van der Waals surface area contributed by atoms with E-state index in [1.165, 1.54) is 23.3 Å². The van der Waals surface area contributed by atoms with Crippen LogP contribution in [0.4, 0.5) is 4.39 Å². The van der Waals surface area contributed by atoms with E-state index in [1.54, 1.807) is 30.0 Å². The van der Waals surface area contributed by atoms with Gasteiger partial charge in [0.2, 0.25) is 5.88 Å². The van der Waals surface area contributed by atoms with Gasteiger partial charge >= 0.3 is 0 Å². The van der Waals surface area contributed by atoms with Crippen molar-refractivity contribution in [3.63, 3.8) is 0 Å². The largest absolute Gasteiger partial charge is 0.439 e. The highest BCUT2D eigenvalue weighted by molar-refractivity contribution is 7.98. The van der Waals surface area contributed by atoms with Gasteiger partial charge in [-0.05, 0) is 31.0 Å². The molecule has 2 aromatic carbocycles. The summed E-state index contributed by atoms with van der Waals surface area (Å²) in [6.07, 6.45) is 0.778. The predicted octanol–water partition coefficient (Wildman–Crippen LogP) is 5.57. The lowest BCUT2D eigenvalue weighted by Crippen LogP contribution is -1.97. The molecule has 0 unspecified atom stereocenters. The molecule has 0 atom stereocenters. The highest BCUT2D eigenvalue weighted by Gasteiger charge is 2.08. The molecule has 3 nitrogen and oxygen atoms in total. The second kappa shape index (κ2) is 8.12. The number of thioether (sulfide) groups is 1. The highest BCUT2D eigenvalue weighted by atomic mass is 32.2. The molecule has 25 heavy (non-hydrogen) atoms. The number of aromatic nitrogens is 2. The summed E-state index contributed by atoms with van der Waals surface area (Å²) < 4.78 is 19.0. The van der Waals surface area contributed by atoms with Crippen molar-refractivity contribution in [2.45, 2.75) is 31.2 Å². The van der Waals surface area contributed by atoms with Crippen LogP contribution < -0.4 is 4.74 Å². The van der Waals surface area contributed by atoms with E-state index >= 15 is 0 Å². The maximum Gasteiger partial charge on any atom is 0.223 e. The zero-order valence-electron chi connectivity index (χ0n) is 14.2. The molecule has 128 valence electrons. The zero-order chi connectivity index (χ0) is 17.6. The zero-order valence-corrected chi connectivity index (χ0v) is 15.0. The Hall–Kier alpha value is -2.40. The third-order valence-electron chi connectivity index (χ3n) is 3.60. The molecule has 0 aliphatic rings. The maximum absolute atomic E-state index is 13.3. The first kappa shape index (κ1) is 17.4. The molecule has 1 heterocycles. The quantitative estimate of drug-likeness (QED) is 0.428. The molecule has 0 saturated carbocycles. The van der Waals surface area contributed by atoms with E-state index in [0.717, 1.165) is 17.9 Å². The summed E-state index contributed by atoms with van der Waals surface area (Å²) in [5.41, 5.74) is 3.35. The Balaban J connectivity index is 1.76. The molecule has 3 rings (SSSR count). The summed E-state index contributed by atoms with van der Waals surface area (Å²) in [5, 5.41) is 0.659. The van der Waals surface area contributed by atoms with Crippen molar-refractivity contribution in [2.75, 3.05) is 0 Å². The van der Waals surface area contributed by atoms with Crippen molar-refractivity contribution in [1.29, 1.82) is 0 Å². The number of nitrogens with zero attached hydrogens (tertiary/aromatic N) is 2. The van der Waals surface area contributed by atoms with Crippen LogP contribution in [0.25, 0.3) is 0 Å². The molecular formula is C20H19FN2OS. The Morgan fingerprint density at radius 2 is 1.84 bits per heavy atom. The molecule has 0 amide bonds. The lowest BCUT2D eigenvalue weighted by atomic mass is 10.2. The van der Waals surface area contributed by atoms with Crippen LogP contribution in [0.1, 0.15) is 23.7 Å². The average Bonchev–Trinajstić information content (AvgIpc) is 2.61. The van der Waals surface area contributed by atoms with Crippen molar-refractivity contribution < 1.29 is 9.13 Å². The van der Waals surface area contributed by atoms with Gasteiger partial charge in [0.25, 0.3) is 0 Å². The number of ether oxygens (including phenoxy) is 1. The second-order valence-electron chi connectivity index (χ2n) is 5.67. The van der Waals surface area contributed by atoms with Gasteiger partial charge in [0.05, 0.1) is 0 Å². The molecule has 3 aromatic rings. The highest BCUT2D eigenvalue weighted by Crippen LogP contribution is 2.26. The fourth-order valence-corrected chi connectivity index (χ4v) is 3.06. The summed E-state index contributed by atoms with van der Waals surface area (Å²) in [6, 6.07) is 16.2. The minimum atomic E-state index is -0.337. The summed E-state index contributed by atoms with van der Waals surface area (Å²) >= 11 is 1.56. The minimum absolute atomic E-state index is 0.337. The molecule has 0 fully saturated rings. The monoisotopic (exact) mass is 354 g/mol. The number of hydrogen-bond donors (Lipinski definition) is 0. The smallest absolute Gasteiger partial charge is 0.223 e. The van der Waals surface area contributed by atoms with Crippen LogP contribution in [0.15, 0.2) is 59.8 Å². The first-order valence-electron chi connectivity index (χ1n) is 8.12. The van der Waals surface area contributed by atoms with Gasteiger partial charge in [0.15, 0.2) is 5.16 Å². The van der Waals surface area contributed by atoms with Gasteiger partial charge in [-0.1, -0.05) is 54.6 Å². The Labute approximate surface area is 151 Å². The second-order valence-corrected chi connectivity index (χ2v) is 6.61. The van der Waals surface area contributed by atoms with E-state index in [-0.39, 0.29) is 5.82 Å². The van der Waals surface area contributed by atoms with Gasteiger partial charge in [-0.3, -0.25) is 0 Å². The Kier molecular flexibility index (Phi) is 5.66. The van der Waals surface area contributed by atoms with Crippen LogP contribution in [-0.2, 0) is 12.2 Å². The Morgan fingerprint density at radius 1 is 1.04 bits per heavy atom. The fourth-order valence-electron chi connectivity index (χ4n) is 2.23. The van der Waals surface area contributed by atoms with E-state index < -0.39 is 0 Å². The number of aryl methyl sites for hydroxylation is 2. The van der Waals surface area contributed by atoms with E-state index in [0.29, 0.717) is 16.8 Å². The molecule has 1 aromatic heterocycles. The molecule has 0 radical (unpaired) electrons. The van der Waals surface area contributed by atoms with Crippen LogP contribution in [-0.4, -0.2) is 9.97 Å². The van der Waals surface area contributed by atoms with Gasteiger partial charge in [0, 0.05) is 23.6 Å². The molecule has 0 N–H and O–H groups in total. The van der Waals surface area contributed by atoms with Crippen molar-refractivity contribution in [1.82, 2.24) is 9.97 Å². The van der Waals surface area contributed by atoms with E-state index in [9.17, 15) is 4.39 Å². The first-order valence-corrected chi connectivity index (χ1v) is 9.10. The first-order chi connectivity index (χ1) is 12.1. The van der Waals surface area contributed by atoms with E-state index in [2.05, 4.69) is 41.2 Å². The van der Waals surface area contributed by atoms with Crippen LogP contribution in [0.3, 0.4) is 0 Å². The third-order valence-corrected chi connectivity index (χ3v) is 4.52. The Bertz CT molecular complexity index is 853. The van der Waals surface area contributed by atoms with Gasteiger partial charge in [-0.2, -0.15) is 4.98 Å². The summed E-state index contributed by atoms with van der Waals surface area (Å²) in [4.78, 5) is 8.99. The molecular weight excluding hydrogens is 335 g/mol. The minimum Gasteiger partial charge on any atom is -0.439 e. The molecule has 0 bridgehead atoms. The predicted molar refractivity (Wildman–Crippen MR) is 98.6 cm³/mol. The van der Waals surface area contributed by atoms with E-state index in [1.807, 2.05) is 6.92 Å². The van der Waals surface area contributed by atoms with Crippen LogP contribution in [0.2, 0.25) is 0 Å². The van der Waals surface area contributed by atoms with Gasteiger partial charge < -0.3 is 4.74 Å². The Morgan fingerprint density at radius 3 is 2.56 bits per heavy atom. The summed E-state index contributed by atoms with van der Waals surface area (Å²) in [6.45, 7) is 4.10. The van der Waals surface area contributed by atoms with Crippen molar-refractivity contribution in [3.8, 4) is 11.6 Å². The van der Waals surface area contributed by atoms with Gasteiger partial charge in [-0.15, -0.1) is 0 Å². The lowest BCUT2D eigenvalue weighted by molar-refractivity contribution is 0.449.